The van der Waals surface area contributed by atoms with Crippen LogP contribution in [0.5, 0.6) is 5.75 Å². The van der Waals surface area contributed by atoms with Crippen molar-refractivity contribution in [2.24, 2.45) is 0 Å². The fourth-order valence-corrected chi connectivity index (χ4v) is 2.09. The third-order valence-corrected chi connectivity index (χ3v) is 3.00. The van der Waals surface area contributed by atoms with Crippen LogP contribution >= 0.6 is 0 Å². The molecule has 0 saturated heterocycles. The molecular weight excluding hydrogens is 278 g/mol. The molecule has 0 aliphatic rings. The highest BCUT2D eigenvalue weighted by Gasteiger charge is 2.15. The first-order chi connectivity index (χ1) is 10.4. The number of nitrogens with one attached hydrogen (secondary N) is 1. The highest BCUT2D eigenvalue weighted by atomic mass is 16.6. The lowest BCUT2D eigenvalue weighted by Gasteiger charge is -2.19. The number of phenols is 1. The number of ether oxygens (including phenoxy) is 1. The highest BCUT2D eigenvalue weighted by Crippen LogP contribution is 2.28. The summed E-state index contributed by atoms with van der Waals surface area (Å²) >= 11 is 0. The number of hydrogen-bond donors (Lipinski definition) is 2. The second-order valence-electron chi connectivity index (χ2n) is 6.00. The van der Waals surface area contributed by atoms with Gasteiger partial charge in [-0.25, -0.2) is 4.79 Å². The van der Waals surface area contributed by atoms with E-state index in [0.717, 1.165) is 16.3 Å². The number of carbonyl (C=O) groups excluding carboxylic acids is 1. The molecule has 2 aromatic rings. The Balaban J connectivity index is 2.05. The molecule has 0 saturated carbocycles. The summed E-state index contributed by atoms with van der Waals surface area (Å²) in [4.78, 5) is 11.5. The van der Waals surface area contributed by atoms with Crippen molar-refractivity contribution in [3.8, 4) is 5.75 Å². The third-order valence-electron chi connectivity index (χ3n) is 3.00. The van der Waals surface area contributed by atoms with Crippen LogP contribution in [0.25, 0.3) is 16.8 Å². The molecule has 116 valence electrons. The summed E-state index contributed by atoms with van der Waals surface area (Å²) in [6.07, 6.45) is 3.12. The van der Waals surface area contributed by atoms with Crippen molar-refractivity contribution in [3.05, 3.63) is 48.0 Å². The van der Waals surface area contributed by atoms with Gasteiger partial charge in [-0.2, -0.15) is 0 Å². The van der Waals surface area contributed by atoms with E-state index < -0.39 is 11.7 Å². The molecule has 0 radical (unpaired) electrons. The van der Waals surface area contributed by atoms with Crippen molar-refractivity contribution in [2.45, 2.75) is 26.4 Å². The van der Waals surface area contributed by atoms with E-state index in [1.165, 1.54) is 0 Å². The molecule has 2 N–H and O–H groups in total. The second kappa shape index (κ2) is 6.52. The lowest BCUT2D eigenvalue weighted by Crippen LogP contribution is -2.32. The molecule has 22 heavy (non-hydrogen) atoms. The Hall–Kier alpha value is -2.49. The van der Waals surface area contributed by atoms with Gasteiger partial charge < -0.3 is 15.2 Å². The first-order valence-corrected chi connectivity index (χ1v) is 7.21. The normalized spacial score (nSPS) is 11.8. The van der Waals surface area contributed by atoms with Crippen molar-refractivity contribution >= 4 is 22.9 Å². The fraction of sp³-hybridized carbons (Fsp3) is 0.278. The van der Waals surface area contributed by atoms with Gasteiger partial charge in [0.05, 0.1) is 0 Å². The number of benzene rings is 2. The minimum Gasteiger partial charge on any atom is -0.507 e. The topological polar surface area (TPSA) is 58.6 Å². The lowest BCUT2D eigenvalue weighted by molar-refractivity contribution is 0.0534. The smallest absolute Gasteiger partial charge is 0.407 e. The van der Waals surface area contributed by atoms with Crippen LogP contribution in [0.2, 0.25) is 0 Å². The van der Waals surface area contributed by atoms with Crippen LogP contribution in [0, 0.1) is 0 Å². The standard InChI is InChI=1S/C18H21NO3/c1-18(2,3)22-17(21)19-12-6-9-15-14-8-5-4-7-13(14)10-11-16(15)20/h4-11,20H,12H2,1-3H3,(H,19,21). The Labute approximate surface area is 130 Å². The first-order valence-electron chi connectivity index (χ1n) is 7.21. The number of rotatable bonds is 3. The van der Waals surface area contributed by atoms with Gasteiger partial charge in [0.2, 0.25) is 0 Å². The molecule has 0 aliphatic carbocycles. The SMILES string of the molecule is CC(C)(C)OC(=O)NCC=Cc1c(O)ccc2ccccc12. The predicted molar refractivity (Wildman–Crippen MR) is 88.9 cm³/mol. The quantitative estimate of drug-likeness (QED) is 0.897. The molecule has 4 nitrogen and oxygen atoms in total. The summed E-state index contributed by atoms with van der Waals surface area (Å²) in [6, 6.07) is 11.4. The van der Waals surface area contributed by atoms with Gasteiger partial charge >= 0.3 is 6.09 Å². The second-order valence-corrected chi connectivity index (χ2v) is 6.00. The van der Waals surface area contributed by atoms with Gasteiger partial charge in [0.15, 0.2) is 0 Å². The molecular formula is C18H21NO3. The number of aromatic hydroxyl groups is 1. The molecule has 4 heteroatoms. The summed E-state index contributed by atoms with van der Waals surface area (Å²) < 4.78 is 5.15. The number of phenolic OH excluding ortho intramolecular Hbond substituents is 1. The maximum atomic E-state index is 11.5. The van der Waals surface area contributed by atoms with Gasteiger partial charge in [0.25, 0.3) is 0 Å². The number of hydrogen-bond acceptors (Lipinski definition) is 3. The highest BCUT2D eigenvalue weighted by molar-refractivity contribution is 5.93. The number of carbonyl (C=O) groups is 1. The Morgan fingerprint density at radius 2 is 1.95 bits per heavy atom. The lowest BCUT2D eigenvalue weighted by atomic mass is 10.0. The Morgan fingerprint density at radius 1 is 1.23 bits per heavy atom. The third kappa shape index (κ3) is 4.25. The van der Waals surface area contributed by atoms with E-state index in [1.807, 2.05) is 51.1 Å². The molecule has 0 aliphatic heterocycles. The zero-order valence-corrected chi connectivity index (χ0v) is 13.1. The van der Waals surface area contributed by atoms with Gasteiger partial charge in [-0.15, -0.1) is 0 Å². The Morgan fingerprint density at radius 3 is 2.68 bits per heavy atom. The fourth-order valence-electron chi connectivity index (χ4n) is 2.09. The average molecular weight is 299 g/mol. The van der Waals surface area contributed by atoms with Crippen LogP contribution in [0.1, 0.15) is 26.3 Å². The molecule has 2 rings (SSSR count). The minimum absolute atomic E-state index is 0.215. The van der Waals surface area contributed by atoms with Gasteiger partial charge in [-0.05, 0) is 37.6 Å². The summed E-state index contributed by atoms with van der Waals surface area (Å²) in [5.41, 5.74) is 0.228. The molecule has 0 bridgehead atoms. The van der Waals surface area contributed by atoms with E-state index in [9.17, 15) is 9.90 Å². The molecule has 0 atom stereocenters. The van der Waals surface area contributed by atoms with Crippen molar-refractivity contribution in [1.82, 2.24) is 5.32 Å². The molecule has 1 amide bonds. The predicted octanol–water partition coefficient (Wildman–Crippen LogP) is 4.08. The van der Waals surface area contributed by atoms with Crippen molar-refractivity contribution in [3.63, 3.8) is 0 Å². The van der Waals surface area contributed by atoms with E-state index in [4.69, 9.17) is 4.74 Å². The molecule has 0 unspecified atom stereocenters. The molecule has 0 spiro atoms. The van der Waals surface area contributed by atoms with Crippen LogP contribution in [-0.2, 0) is 4.74 Å². The van der Waals surface area contributed by atoms with E-state index in [1.54, 1.807) is 18.2 Å². The van der Waals surface area contributed by atoms with Crippen LogP contribution < -0.4 is 5.32 Å². The van der Waals surface area contributed by atoms with Crippen LogP contribution in [0.4, 0.5) is 4.79 Å². The van der Waals surface area contributed by atoms with Gasteiger partial charge in [0, 0.05) is 12.1 Å². The molecule has 0 aromatic heterocycles. The zero-order valence-electron chi connectivity index (χ0n) is 13.1. The van der Waals surface area contributed by atoms with Gasteiger partial charge in [-0.1, -0.05) is 42.5 Å². The van der Waals surface area contributed by atoms with Gasteiger partial charge in [-0.3, -0.25) is 0 Å². The van der Waals surface area contributed by atoms with Crippen LogP contribution in [-0.4, -0.2) is 23.3 Å². The average Bonchev–Trinajstić information content (AvgIpc) is 2.43. The van der Waals surface area contributed by atoms with Crippen molar-refractivity contribution < 1.29 is 14.6 Å². The van der Waals surface area contributed by atoms with E-state index >= 15 is 0 Å². The Bertz CT molecular complexity index is 699. The maximum Gasteiger partial charge on any atom is 0.407 e. The minimum atomic E-state index is -0.512. The van der Waals surface area contributed by atoms with Crippen molar-refractivity contribution in [2.75, 3.05) is 6.54 Å². The van der Waals surface area contributed by atoms with Crippen molar-refractivity contribution in [1.29, 1.82) is 0 Å². The monoisotopic (exact) mass is 299 g/mol. The molecule has 0 heterocycles. The summed E-state index contributed by atoms with van der Waals surface area (Å²) in [7, 11) is 0. The number of alkyl carbamates (subject to hydrolysis) is 1. The van der Waals surface area contributed by atoms with E-state index in [2.05, 4.69) is 5.32 Å². The first kappa shape index (κ1) is 15.9. The van der Waals surface area contributed by atoms with Gasteiger partial charge in [0.1, 0.15) is 11.4 Å². The largest absolute Gasteiger partial charge is 0.507 e. The van der Waals surface area contributed by atoms with E-state index in [-0.39, 0.29) is 5.75 Å². The summed E-state index contributed by atoms with van der Waals surface area (Å²) in [5, 5.41) is 14.7. The number of amides is 1. The Kier molecular flexibility index (Phi) is 4.71. The van der Waals surface area contributed by atoms with Crippen LogP contribution in [0.15, 0.2) is 42.5 Å². The molecule has 2 aromatic carbocycles. The maximum absolute atomic E-state index is 11.5. The van der Waals surface area contributed by atoms with E-state index in [0.29, 0.717) is 6.54 Å². The van der Waals surface area contributed by atoms with Crippen LogP contribution in [0.3, 0.4) is 0 Å². The zero-order chi connectivity index (χ0) is 16.2. The summed E-state index contributed by atoms with van der Waals surface area (Å²) in [6.45, 7) is 5.78. The molecule has 0 fully saturated rings. The number of fused-ring (bicyclic) bond motifs is 1. The summed E-state index contributed by atoms with van der Waals surface area (Å²) in [5.74, 6) is 0.215.